The summed E-state index contributed by atoms with van der Waals surface area (Å²) in [6.07, 6.45) is 0. The molecule has 0 aliphatic carbocycles. The second kappa shape index (κ2) is 4.46. The van der Waals surface area contributed by atoms with Crippen molar-refractivity contribution < 1.29 is 14.4 Å². The Balaban J connectivity index is 2.33. The summed E-state index contributed by atoms with van der Waals surface area (Å²) >= 11 is 5.51. The molecule has 0 saturated carbocycles. The highest BCUT2D eigenvalue weighted by atomic mass is 35.5. The lowest BCUT2D eigenvalue weighted by molar-refractivity contribution is -0.384. The molecule has 1 heterocycles. The largest absolute Gasteiger partial charge is 0.396 e. The van der Waals surface area contributed by atoms with Crippen LogP contribution in [0, 0.1) is 21.8 Å². The van der Waals surface area contributed by atoms with Gasteiger partial charge in [0, 0.05) is 37.7 Å². The Labute approximate surface area is 102 Å². The van der Waals surface area contributed by atoms with Crippen molar-refractivity contribution in [2.45, 2.75) is 0 Å². The van der Waals surface area contributed by atoms with E-state index in [2.05, 4.69) is 0 Å². The van der Waals surface area contributed by atoms with Crippen LogP contribution in [0.15, 0.2) is 12.1 Å². The third-order valence-electron chi connectivity index (χ3n) is 2.77. The van der Waals surface area contributed by atoms with Crippen LogP contribution in [0.5, 0.6) is 0 Å². The Bertz CT molecular complexity index is 463. The first-order chi connectivity index (χ1) is 8.02. The number of benzene rings is 1. The number of halogens is 2. The average Bonchev–Trinajstić information content (AvgIpc) is 2.21. The predicted molar refractivity (Wildman–Crippen MR) is 60.9 cm³/mol. The van der Waals surface area contributed by atoms with E-state index >= 15 is 0 Å². The zero-order valence-electron chi connectivity index (χ0n) is 8.77. The van der Waals surface area contributed by atoms with E-state index in [1.165, 1.54) is 0 Å². The Morgan fingerprint density at radius 3 is 2.76 bits per heavy atom. The number of hydrogen-bond donors (Lipinski definition) is 1. The molecule has 1 aliphatic heterocycles. The van der Waals surface area contributed by atoms with Gasteiger partial charge in [0.05, 0.1) is 9.95 Å². The zero-order chi connectivity index (χ0) is 12.6. The van der Waals surface area contributed by atoms with E-state index in [9.17, 15) is 14.5 Å². The van der Waals surface area contributed by atoms with Crippen molar-refractivity contribution in [2.75, 3.05) is 24.6 Å². The summed E-state index contributed by atoms with van der Waals surface area (Å²) in [5.41, 5.74) is -0.00519. The zero-order valence-corrected chi connectivity index (χ0v) is 9.52. The summed E-state index contributed by atoms with van der Waals surface area (Å²) < 4.78 is 13.3. The molecule has 0 radical (unpaired) electrons. The highest BCUT2D eigenvalue weighted by Gasteiger charge is 2.31. The van der Waals surface area contributed by atoms with E-state index in [1.807, 2.05) is 0 Å². The van der Waals surface area contributed by atoms with Gasteiger partial charge in [-0.1, -0.05) is 11.6 Å². The Morgan fingerprint density at radius 1 is 1.59 bits per heavy atom. The van der Waals surface area contributed by atoms with E-state index in [4.69, 9.17) is 16.7 Å². The minimum absolute atomic E-state index is 0.0281. The SMILES string of the molecule is O=[N+]([O-])c1cc(Cl)c(F)cc1N1CC(CO)C1. The van der Waals surface area contributed by atoms with Crippen molar-refractivity contribution in [2.24, 2.45) is 5.92 Å². The van der Waals surface area contributed by atoms with Crippen LogP contribution >= 0.6 is 11.6 Å². The molecule has 1 N–H and O–H groups in total. The van der Waals surface area contributed by atoms with Gasteiger partial charge in [-0.25, -0.2) is 4.39 Å². The Kier molecular flexibility index (Phi) is 3.17. The van der Waals surface area contributed by atoms with Gasteiger partial charge in [-0.3, -0.25) is 10.1 Å². The number of aliphatic hydroxyl groups excluding tert-OH is 1. The lowest BCUT2D eigenvalue weighted by atomic mass is 10.00. The number of nitro benzene ring substituents is 1. The van der Waals surface area contributed by atoms with Crippen LogP contribution in [0.1, 0.15) is 0 Å². The van der Waals surface area contributed by atoms with Gasteiger partial charge < -0.3 is 10.0 Å². The Hall–Kier alpha value is -1.40. The van der Waals surface area contributed by atoms with Crippen LogP contribution in [0.3, 0.4) is 0 Å². The molecule has 0 aromatic heterocycles. The summed E-state index contributed by atoms with van der Waals surface area (Å²) in [7, 11) is 0. The van der Waals surface area contributed by atoms with E-state index < -0.39 is 10.7 Å². The summed E-state index contributed by atoms with van der Waals surface area (Å²) in [6.45, 7) is 0.997. The molecule has 1 saturated heterocycles. The number of nitrogens with zero attached hydrogens (tertiary/aromatic N) is 2. The second-order valence-electron chi connectivity index (χ2n) is 3.97. The fourth-order valence-corrected chi connectivity index (χ4v) is 1.97. The molecule has 1 aliphatic rings. The molecule has 0 spiro atoms. The second-order valence-corrected chi connectivity index (χ2v) is 4.37. The lowest BCUT2D eigenvalue weighted by Crippen LogP contribution is -2.48. The highest BCUT2D eigenvalue weighted by molar-refractivity contribution is 6.31. The number of rotatable bonds is 3. The number of aliphatic hydroxyl groups is 1. The molecule has 5 nitrogen and oxygen atoms in total. The fraction of sp³-hybridized carbons (Fsp3) is 0.400. The summed E-state index contributed by atoms with van der Waals surface area (Å²) in [6, 6.07) is 2.08. The molecule has 17 heavy (non-hydrogen) atoms. The van der Waals surface area contributed by atoms with Gasteiger partial charge in [0.1, 0.15) is 11.5 Å². The molecule has 0 bridgehead atoms. The van der Waals surface area contributed by atoms with Gasteiger partial charge in [0.15, 0.2) is 0 Å². The van der Waals surface area contributed by atoms with Crippen molar-refractivity contribution in [1.29, 1.82) is 0 Å². The number of anilines is 1. The van der Waals surface area contributed by atoms with Crippen LogP contribution in [0.25, 0.3) is 0 Å². The quantitative estimate of drug-likeness (QED) is 0.665. The number of hydrogen-bond acceptors (Lipinski definition) is 4. The standard InChI is InChI=1S/C10H10ClFN2O3/c11-7-1-10(14(16)17)9(2-8(7)12)13-3-6(4-13)5-15/h1-2,6,15H,3-5H2. The van der Waals surface area contributed by atoms with Crippen LogP contribution in [0.4, 0.5) is 15.8 Å². The minimum atomic E-state index is -0.681. The first-order valence-electron chi connectivity index (χ1n) is 5.02. The molecular formula is C10H10ClFN2O3. The van der Waals surface area contributed by atoms with E-state index in [1.54, 1.807) is 4.90 Å². The van der Waals surface area contributed by atoms with Crippen molar-refractivity contribution in [3.05, 3.63) is 33.1 Å². The third-order valence-corrected chi connectivity index (χ3v) is 3.06. The molecule has 1 fully saturated rings. The van der Waals surface area contributed by atoms with Crippen molar-refractivity contribution in [3.8, 4) is 0 Å². The van der Waals surface area contributed by atoms with Gasteiger partial charge in [-0.2, -0.15) is 0 Å². The maximum Gasteiger partial charge on any atom is 0.294 e. The van der Waals surface area contributed by atoms with Crippen LogP contribution < -0.4 is 4.90 Å². The molecule has 0 atom stereocenters. The molecule has 2 rings (SSSR count). The van der Waals surface area contributed by atoms with Crippen LogP contribution in [0.2, 0.25) is 5.02 Å². The molecule has 1 aromatic rings. The number of nitro groups is 1. The van der Waals surface area contributed by atoms with E-state index in [0.717, 1.165) is 12.1 Å². The van der Waals surface area contributed by atoms with Gasteiger partial charge in [0.25, 0.3) is 5.69 Å². The maximum absolute atomic E-state index is 13.3. The summed E-state index contributed by atoms with van der Waals surface area (Å²) in [4.78, 5) is 11.9. The molecule has 0 unspecified atom stereocenters. The monoisotopic (exact) mass is 260 g/mol. The van der Waals surface area contributed by atoms with Gasteiger partial charge in [-0.15, -0.1) is 0 Å². The van der Waals surface area contributed by atoms with E-state index in [0.29, 0.717) is 13.1 Å². The fourth-order valence-electron chi connectivity index (χ4n) is 1.81. The van der Waals surface area contributed by atoms with Crippen molar-refractivity contribution in [3.63, 3.8) is 0 Å². The van der Waals surface area contributed by atoms with Gasteiger partial charge >= 0.3 is 0 Å². The summed E-state index contributed by atoms with van der Waals surface area (Å²) in [5.74, 6) is -0.590. The smallest absolute Gasteiger partial charge is 0.294 e. The molecule has 7 heteroatoms. The minimum Gasteiger partial charge on any atom is -0.396 e. The van der Waals surface area contributed by atoms with Crippen LogP contribution in [-0.2, 0) is 0 Å². The lowest BCUT2D eigenvalue weighted by Gasteiger charge is -2.39. The first-order valence-corrected chi connectivity index (χ1v) is 5.40. The highest BCUT2D eigenvalue weighted by Crippen LogP contribution is 2.36. The molecule has 92 valence electrons. The molecule has 0 amide bonds. The van der Waals surface area contributed by atoms with Crippen LogP contribution in [-0.4, -0.2) is 29.7 Å². The van der Waals surface area contributed by atoms with E-state index in [-0.39, 0.29) is 28.9 Å². The normalized spacial score (nSPS) is 15.8. The average molecular weight is 261 g/mol. The molecular weight excluding hydrogens is 251 g/mol. The predicted octanol–water partition coefficient (Wildman–Crippen LogP) is 1.82. The van der Waals surface area contributed by atoms with Crippen molar-refractivity contribution >= 4 is 23.0 Å². The summed E-state index contributed by atoms with van der Waals surface area (Å²) in [5, 5.41) is 19.4. The maximum atomic E-state index is 13.3. The van der Waals surface area contributed by atoms with Gasteiger partial charge in [0.2, 0.25) is 0 Å². The van der Waals surface area contributed by atoms with Crippen molar-refractivity contribution in [1.82, 2.24) is 0 Å². The molecule has 1 aromatic carbocycles. The van der Waals surface area contributed by atoms with Gasteiger partial charge in [-0.05, 0) is 0 Å². The first kappa shape index (κ1) is 12.1. The topological polar surface area (TPSA) is 66.6 Å². The third kappa shape index (κ3) is 2.18. The Morgan fingerprint density at radius 2 is 2.24 bits per heavy atom.